The second-order valence-electron chi connectivity index (χ2n) is 5.53. The van der Waals surface area contributed by atoms with Crippen molar-refractivity contribution in [1.29, 1.82) is 0 Å². The van der Waals surface area contributed by atoms with Gasteiger partial charge < -0.3 is 20.2 Å². The van der Waals surface area contributed by atoms with Gasteiger partial charge in [0.25, 0.3) is 0 Å². The highest BCUT2D eigenvalue weighted by molar-refractivity contribution is 5.50. The van der Waals surface area contributed by atoms with Crippen LogP contribution in [0.1, 0.15) is 31.5 Å². The molecule has 1 aromatic rings. The number of nitrogens with zero attached hydrogens (tertiary/aromatic N) is 3. The van der Waals surface area contributed by atoms with Gasteiger partial charge in [0.1, 0.15) is 17.5 Å². The number of aliphatic hydroxyl groups is 1. The van der Waals surface area contributed by atoms with E-state index in [-0.39, 0.29) is 18.8 Å². The zero-order valence-corrected chi connectivity index (χ0v) is 11.6. The third kappa shape index (κ3) is 2.70. The number of nitrogen functional groups attached to an aromatic ring is 1. The van der Waals surface area contributed by atoms with Crippen molar-refractivity contribution in [2.45, 2.75) is 37.8 Å². The molecule has 7 nitrogen and oxygen atoms in total. The quantitative estimate of drug-likeness (QED) is 0.536. The van der Waals surface area contributed by atoms with Gasteiger partial charge in [-0.25, -0.2) is 15.8 Å². The molecule has 0 spiro atoms. The fraction of sp³-hybridized carbons (Fsp3) is 0.692. The van der Waals surface area contributed by atoms with Crippen LogP contribution in [0.2, 0.25) is 0 Å². The van der Waals surface area contributed by atoms with E-state index in [1.807, 2.05) is 6.07 Å². The maximum absolute atomic E-state index is 9.28. The van der Waals surface area contributed by atoms with Crippen molar-refractivity contribution in [3.8, 4) is 0 Å². The van der Waals surface area contributed by atoms with E-state index in [4.69, 9.17) is 10.6 Å². The van der Waals surface area contributed by atoms with Crippen molar-refractivity contribution in [3.63, 3.8) is 0 Å². The molecule has 1 aliphatic heterocycles. The van der Waals surface area contributed by atoms with Crippen LogP contribution in [-0.2, 0) is 4.74 Å². The monoisotopic (exact) mass is 279 g/mol. The maximum atomic E-state index is 9.28. The molecule has 2 unspecified atom stereocenters. The Balaban J connectivity index is 1.88. The van der Waals surface area contributed by atoms with Gasteiger partial charge in [0.15, 0.2) is 0 Å². The number of aromatic nitrogens is 2. The Labute approximate surface area is 118 Å². The molecule has 2 atom stereocenters. The Morgan fingerprint density at radius 3 is 2.95 bits per heavy atom. The van der Waals surface area contributed by atoms with Gasteiger partial charge in [-0.3, -0.25) is 0 Å². The Bertz CT molecular complexity index is 480. The average molecular weight is 279 g/mol. The normalized spacial score (nSPS) is 26.6. The third-order valence-corrected chi connectivity index (χ3v) is 3.82. The molecule has 7 heteroatoms. The molecule has 4 N–H and O–H groups in total. The Hall–Kier alpha value is -1.44. The number of anilines is 2. The number of hydrazine groups is 1. The van der Waals surface area contributed by atoms with Crippen LogP contribution in [0.3, 0.4) is 0 Å². The second-order valence-corrected chi connectivity index (χ2v) is 5.53. The van der Waals surface area contributed by atoms with Crippen LogP contribution in [0.5, 0.6) is 0 Å². The summed E-state index contributed by atoms with van der Waals surface area (Å²) in [6, 6.07) is 2.06. The molecular formula is C13H21N5O2. The van der Waals surface area contributed by atoms with Crippen molar-refractivity contribution < 1.29 is 9.84 Å². The molecule has 1 saturated carbocycles. The first-order valence-electron chi connectivity index (χ1n) is 7.06. The first-order chi connectivity index (χ1) is 9.71. The lowest BCUT2D eigenvalue weighted by Gasteiger charge is -2.38. The Kier molecular flexibility index (Phi) is 3.73. The van der Waals surface area contributed by atoms with Crippen LogP contribution in [0.4, 0.5) is 11.6 Å². The summed E-state index contributed by atoms with van der Waals surface area (Å²) in [6.07, 6.45) is 2.12. The van der Waals surface area contributed by atoms with Crippen LogP contribution >= 0.6 is 0 Å². The van der Waals surface area contributed by atoms with Crippen molar-refractivity contribution in [2.75, 3.05) is 30.1 Å². The number of hydrogen-bond donors (Lipinski definition) is 3. The Morgan fingerprint density at radius 2 is 2.30 bits per heavy atom. The van der Waals surface area contributed by atoms with Gasteiger partial charge in [-0.1, -0.05) is 0 Å². The van der Waals surface area contributed by atoms with E-state index in [1.165, 1.54) is 0 Å². The summed E-state index contributed by atoms with van der Waals surface area (Å²) in [6.45, 7) is 3.32. The highest BCUT2D eigenvalue weighted by atomic mass is 16.5. The smallest absolute Gasteiger partial charge is 0.145 e. The number of hydrogen-bond acceptors (Lipinski definition) is 7. The highest BCUT2D eigenvalue weighted by Gasteiger charge is 2.30. The van der Waals surface area contributed by atoms with Crippen molar-refractivity contribution in [3.05, 3.63) is 11.9 Å². The van der Waals surface area contributed by atoms with E-state index >= 15 is 0 Å². The second kappa shape index (κ2) is 5.51. The molecule has 1 aromatic heterocycles. The lowest BCUT2D eigenvalue weighted by atomic mass is 10.2. The molecule has 110 valence electrons. The fourth-order valence-electron chi connectivity index (χ4n) is 2.44. The molecule has 2 aliphatic rings. The number of ether oxygens (including phenoxy) is 1. The van der Waals surface area contributed by atoms with Crippen LogP contribution in [-0.4, -0.2) is 47.0 Å². The molecule has 0 radical (unpaired) electrons. The zero-order chi connectivity index (χ0) is 14.1. The first-order valence-corrected chi connectivity index (χ1v) is 7.06. The summed E-state index contributed by atoms with van der Waals surface area (Å²) in [5, 5.41) is 9.28. The summed E-state index contributed by atoms with van der Waals surface area (Å²) in [5.74, 6) is 8.31. The summed E-state index contributed by atoms with van der Waals surface area (Å²) < 4.78 is 5.56. The van der Waals surface area contributed by atoms with E-state index in [0.717, 1.165) is 24.5 Å². The van der Waals surface area contributed by atoms with E-state index in [0.29, 0.717) is 24.9 Å². The number of nitrogens with one attached hydrogen (secondary N) is 1. The lowest BCUT2D eigenvalue weighted by Crippen LogP contribution is -2.50. The van der Waals surface area contributed by atoms with Crippen LogP contribution < -0.4 is 16.2 Å². The Morgan fingerprint density at radius 1 is 1.50 bits per heavy atom. The topological polar surface area (TPSA) is 96.5 Å². The van der Waals surface area contributed by atoms with Crippen LogP contribution in [0, 0.1) is 0 Å². The zero-order valence-electron chi connectivity index (χ0n) is 11.6. The molecule has 1 saturated heterocycles. The van der Waals surface area contributed by atoms with Crippen molar-refractivity contribution in [2.24, 2.45) is 5.84 Å². The van der Waals surface area contributed by atoms with Gasteiger partial charge in [0.2, 0.25) is 0 Å². The van der Waals surface area contributed by atoms with Gasteiger partial charge in [-0.15, -0.1) is 0 Å². The molecule has 20 heavy (non-hydrogen) atoms. The van der Waals surface area contributed by atoms with E-state index < -0.39 is 0 Å². The summed E-state index contributed by atoms with van der Waals surface area (Å²) in [4.78, 5) is 11.2. The van der Waals surface area contributed by atoms with Gasteiger partial charge >= 0.3 is 0 Å². The largest absolute Gasteiger partial charge is 0.394 e. The molecule has 2 fully saturated rings. The van der Waals surface area contributed by atoms with Crippen LogP contribution in [0.25, 0.3) is 0 Å². The van der Waals surface area contributed by atoms with E-state index in [2.05, 4.69) is 27.2 Å². The highest BCUT2D eigenvalue weighted by Crippen LogP contribution is 2.39. The summed E-state index contributed by atoms with van der Waals surface area (Å²) >= 11 is 0. The molecule has 0 amide bonds. The minimum Gasteiger partial charge on any atom is -0.394 e. The standard InChI is InChI=1S/C13H21N5O2/c1-8-7-20-10(6-19)5-18(8)12-4-11(17-14)15-13(16-12)9-2-3-9/h4,8-10,19H,2-3,5-7,14H2,1H3,(H,15,16,17). The molecule has 3 rings (SSSR count). The predicted octanol–water partition coefficient (Wildman–Crippen LogP) is 0.226. The molecular weight excluding hydrogens is 258 g/mol. The summed E-state index contributed by atoms with van der Waals surface area (Å²) in [7, 11) is 0. The lowest BCUT2D eigenvalue weighted by molar-refractivity contribution is -0.0105. The van der Waals surface area contributed by atoms with Gasteiger partial charge in [0.05, 0.1) is 25.4 Å². The van der Waals surface area contributed by atoms with Crippen molar-refractivity contribution >= 4 is 11.6 Å². The van der Waals surface area contributed by atoms with Gasteiger partial charge in [-0.05, 0) is 19.8 Å². The summed E-state index contributed by atoms with van der Waals surface area (Å²) in [5.41, 5.74) is 2.61. The van der Waals surface area contributed by atoms with Crippen LogP contribution in [0.15, 0.2) is 6.07 Å². The van der Waals surface area contributed by atoms with E-state index in [1.54, 1.807) is 0 Å². The molecule has 2 heterocycles. The third-order valence-electron chi connectivity index (χ3n) is 3.82. The number of nitrogens with two attached hydrogens (primary N) is 1. The number of morpholine rings is 1. The van der Waals surface area contributed by atoms with Gasteiger partial charge in [0, 0.05) is 18.5 Å². The first kappa shape index (κ1) is 13.5. The predicted molar refractivity (Wildman–Crippen MR) is 75.5 cm³/mol. The molecule has 0 aromatic carbocycles. The van der Waals surface area contributed by atoms with Crippen molar-refractivity contribution in [1.82, 2.24) is 9.97 Å². The number of aliphatic hydroxyl groups excluding tert-OH is 1. The maximum Gasteiger partial charge on any atom is 0.145 e. The minimum atomic E-state index is -0.167. The van der Waals surface area contributed by atoms with E-state index in [9.17, 15) is 5.11 Å². The average Bonchev–Trinajstić information content (AvgIpc) is 3.32. The van der Waals surface area contributed by atoms with Gasteiger partial charge in [-0.2, -0.15) is 0 Å². The fourth-order valence-corrected chi connectivity index (χ4v) is 2.44. The minimum absolute atomic E-state index is 0.0196. The number of rotatable bonds is 4. The molecule has 1 aliphatic carbocycles. The SMILES string of the molecule is CC1COC(CO)CN1c1cc(NN)nc(C2CC2)n1. The molecule has 0 bridgehead atoms.